The molecule has 2 heterocycles. The van der Waals surface area contributed by atoms with E-state index in [1.165, 1.54) is 0 Å². The second-order valence-electron chi connectivity index (χ2n) is 3.71. The molecule has 2 rings (SSSR count). The Kier molecular flexibility index (Phi) is 2.32. The highest BCUT2D eigenvalue weighted by Gasteiger charge is 2.44. The molecule has 2 aliphatic rings. The number of fused-ring (bicyclic) bond motifs is 1. The molecule has 3 atom stereocenters. The summed E-state index contributed by atoms with van der Waals surface area (Å²) in [6.45, 7) is 4.33. The number of cyclic esters (lactones) is 1. The van der Waals surface area contributed by atoms with Crippen LogP contribution in [-0.4, -0.2) is 18.7 Å². The van der Waals surface area contributed by atoms with Crippen LogP contribution in [0, 0.1) is 11.8 Å². The average Bonchev–Trinajstić information content (AvgIpc) is 2.48. The Morgan fingerprint density at radius 3 is 3.07 bits per heavy atom. The summed E-state index contributed by atoms with van der Waals surface area (Å²) in [5.41, 5.74) is 0. The molecule has 0 radical (unpaired) electrons. The van der Waals surface area contributed by atoms with Gasteiger partial charge < -0.3 is 9.47 Å². The first-order valence-corrected chi connectivity index (χ1v) is 4.87. The van der Waals surface area contributed by atoms with E-state index in [2.05, 4.69) is 0 Å². The highest BCUT2D eigenvalue weighted by molar-refractivity contribution is 5.76. The van der Waals surface area contributed by atoms with E-state index in [9.17, 15) is 4.79 Å². The molecule has 0 aliphatic carbocycles. The summed E-state index contributed by atoms with van der Waals surface area (Å²) in [5.74, 6) is 0.793. The Labute approximate surface area is 83.4 Å². The van der Waals surface area contributed by atoms with Crippen LogP contribution in [0.15, 0.2) is 24.0 Å². The molecule has 0 aromatic heterocycles. The molecule has 14 heavy (non-hydrogen) atoms. The first kappa shape index (κ1) is 9.31. The fraction of sp³-hybridized carbons (Fsp3) is 0.545. The minimum atomic E-state index is -0.148. The van der Waals surface area contributed by atoms with Crippen molar-refractivity contribution in [3.8, 4) is 0 Å². The lowest BCUT2D eigenvalue weighted by Gasteiger charge is -2.27. The van der Waals surface area contributed by atoms with Crippen molar-refractivity contribution < 1.29 is 14.3 Å². The second-order valence-corrected chi connectivity index (χ2v) is 3.71. The summed E-state index contributed by atoms with van der Waals surface area (Å²) in [6, 6.07) is 0. The zero-order valence-corrected chi connectivity index (χ0v) is 8.40. The third-order valence-electron chi connectivity index (χ3n) is 2.66. The molecule has 3 nitrogen and oxygen atoms in total. The maximum Gasteiger partial charge on any atom is 0.313 e. The van der Waals surface area contributed by atoms with E-state index in [4.69, 9.17) is 9.47 Å². The second kappa shape index (κ2) is 3.48. The Bertz CT molecular complexity index is 304. The van der Waals surface area contributed by atoms with Gasteiger partial charge in [0.25, 0.3) is 0 Å². The fourth-order valence-electron chi connectivity index (χ4n) is 2.06. The van der Waals surface area contributed by atoms with Gasteiger partial charge in [-0.15, -0.1) is 0 Å². The monoisotopic (exact) mass is 194 g/mol. The van der Waals surface area contributed by atoms with E-state index in [-0.39, 0.29) is 23.9 Å². The molecule has 0 spiro atoms. The van der Waals surface area contributed by atoms with E-state index in [0.29, 0.717) is 6.61 Å². The van der Waals surface area contributed by atoms with Gasteiger partial charge in [0.05, 0.1) is 12.4 Å². The molecule has 1 saturated heterocycles. The summed E-state index contributed by atoms with van der Waals surface area (Å²) in [5, 5.41) is 0. The van der Waals surface area contributed by atoms with Gasteiger partial charge >= 0.3 is 5.97 Å². The summed E-state index contributed by atoms with van der Waals surface area (Å²) in [7, 11) is 0. The number of ether oxygens (including phenoxy) is 2. The van der Waals surface area contributed by atoms with E-state index in [1.807, 2.05) is 32.1 Å². The van der Waals surface area contributed by atoms with E-state index in [1.54, 1.807) is 0 Å². The van der Waals surface area contributed by atoms with Crippen LogP contribution in [0.3, 0.4) is 0 Å². The molecule has 0 bridgehead atoms. The Morgan fingerprint density at radius 1 is 1.57 bits per heavy atom. The molecule has 76 valence electrons. The zero-order valence-electron chi connectivity index (χ0n) is 8.40. The topological polar surface area (TPSA) is 35.5 Å². The Morgan fingerprint density at radius 2 is 2.36 bits per heavy atom. The molecule has 0 aromatic rings. The van der Waals surface area contributed by atoms with E-state index in [0.717, 1.165) is 5.76 Å². The van der Waals surface area contributed by atoms with Crippen molar-refractivity contribution in [1.82, 2.24) is 0 Å². The van der Waals surface area contributed by atoms with Gasteiger partial charge in [0.2, 0.25) is 0 Å². The largest absolute Gasteiger partial charge is 0.490 e. The van der Waals surface area contributed by atoms with Crippen LogP contribution in [0.5, 0.6) is 0 Å². The van der Waals surface area contributed by atoms with Crippen molar-refractivity contribution in [2.24, 2.45) is 11.8 Å². The third-order valence-corrected chi connectivity index (χ3v) is 2.66. The number of carbonyl (C=O) groups excluding carboxylic acids is 1. The smallest absolute Gasteiger partial charge is 0.313 e. The van der Waals surface area contributed by atoms with Crippen molar-refractivity contribution in [1.29, 1.82) is 0 Å². The van der Waals surface area contributed by atoms with Gasteiger partial charge in [-0.25, -0.2) is 0 Å². The maximum atomic E-state index is 11.4. The third kappa shape index (κ3) is 1.43. The van der Waals surface area contributed by atoms with Crippen LogP contribution < -0.4 is 0 Å². The number of esters is 1. The van der Waals surface area contributed by atoms with E-state index >= 15 is 0 Å². The van der Waals surface area contributed by atoms with E-state index < -0.39 is 0 Å². The Hall–Kier alpha value is -1.25. The van der Waals surface area contributed by atoms with Crippen LogP contribution >= 0.6 is 0 Å². The van der Waals surface area contributed by atoms with Crippen molar-refractivity contribution in [3.63, 3.8) is 0 Å². The number of hydrogen-bond acceptors (Lipinski definition) is 3. The van der Waals surface area contributed by atoms with Crippen molar-refractivity contribution in [3.05, 3.63) is 24.0 Å². The first-order valence-electron chi connectivity index (χ1n) is 4.87. The highest BCUT2D eigenvalue weighted by Crippen LogP contribution is 2.34. The predicted molar refractivity (Wildman–Crippen MR) is 51.4 cm³/mol. The normalized spacial score (nSPS) is 36.3. The van der Waals surface area contributed by atoms with Gasteiger partial charge in [0, 0.05) is 5.92 Å². The molecular weight excluding hydrogens is 180 g/mol. The highest BCUT2D eigenvalue weighted by atomic mass is 16.5. The average molecular weight is 194 g/mol. The van der Waals surface area contributed by atoms with Gasteiger partial charge in [0.1, 0.15) is 12.0 Å². The molecule has 3 heteroatoms. The van der Waals surface area contributed by atoms with Crippen molar-refractivity contribution >= 4 is 5.97 Å². The number of hydrogen-bond donors (Lipinski definition) is 0. The molecule has 0 unspecified atom stereocenters. The van der Waals surface area contributed by atoms with Crippen molar-refractivity contribution in [2.75, 3.05) is 6.61 Å². The maximum absolute atomic E-state index is 11.4. The SMILES string of the molecule is C/C=C/[C@@H]1OC(C)=C[C@H]2COC(=O)[C@H]12. The van der Waals surface area contributed by atoms with Gasteiger partial charge in [-0.1, -0.05) is 6.08 Å². The summed E-state index contributed by atoms with van der Waals surface area (Å²) >= 11 is 0. The lowest BCUT2D eigenvalue weighted by atomic mass is 9.87. The first-order chi connectivity index (χ1) is 6.72. The van der Waals surface area contributed by atoms with Gasteiger partial charge in [-0.2, -0.15) is 0 Å². The Balaban J connectivity index is 2.27. The van der Waals surface area contributed by atoms with Gasteiger partial charge in [-0.05, 0) is 26.0 Å². The summed E-state index contributed by atoms with van der Waals surface area (Å²) < 4.78 is 10.6. The quantitative estimate of drug-likeness (QED) is 0.470. The van der Waals surface area contributed by atoms with Crippen LogP contribution in [0.1, 0.15) is 13.8 Å². The molecule has 0 aromatic carbocycles. The lowest BCUT2D eigenvalue weighted by molar-refractivity contribution is -0.143. The summed E-state index contributed by atoms with van der Waals surface area (Å²) in [6.07, 6.45) is 5.66. The van der Waals surface area contributed by atoms with Crippen LogP contribution in [0.4, 0.5) is 0 Å². The predicted octanol–water partition coefficient (Wildman–Crippen LogP) is 1.65. The van der Waals surface area contributed by atoms with Gasteiger partial charge in [-0.3, -0.25) is 4.79 Å². The minimum absolute atomic E-state index is 0.137. The van der Waals surface area contributed by atoms with Crippen LogP contribution in [0.2, 0.25) is 0 Å². The molecule has 2 aliphatic heterocycles. The van der Waals surface area contributed by atoms with Gasteiger partial charge in [0.15, 0.2) is 0 Å². The molecule has 0 saturated carbocycles. The minimum Gasteiger partial charge on any atom is -0.490 e. The summed E-state index contributed by atoms with van der Waals surface area (Å²) in [4.78, 5) is 11.4. The lowest BCUT2D eigenvalue weighted by Crippen LogP contribution is -2.33. The standard InChI is InChI=1S/C11H14O3/c1-3-4-9-10-8(5-7(2)14-9)6-13-11(10)12/h3-5,8-10H,6H2,1-2H3/b4-3+/t8-,9-,10-/m0/s1. The molecule has 0 N–H and O–H groups in total. The molecule has 1 fully saturated rings. The zero-order chi connectivity index (χ0) is 10.1. The van der Waals surface area contributed by atoms with Crippen LogP contribution in [0.25, 0.3) is 0 Å². The molecule has 0 amide bonds. The van der Waals surface area contributed by atoms with Crippen LogP contribution in [-0.2, 0) is 14.3 Å². The number of rotatable bonds is 1. The molecular formula is C11H14O3. The number of allylic oxidation sites excluding steroid dienone is 2. The van der Waals surface area contributed by atoms with Crippen molar-refractivity contribution in [2.45, 2.75) is 20.0 Å². The number of carbonyl (C=O) groups is 1. The fourth-order valence-corrected chi connectivity index (χ4v) is 2.06.